The van der Waals surface area contributed by atoms with Crippen LogP contribution in [0.15, 0.2) is 16.6 Å². The fourth-order valence-corrected chi connectivity index (χ4v) is 4.65. The molecule has 6 heteroatoms. The van der Waals surface area contributed by atoms with E-state index in [1.807, 2.05) is 6.07 Å². The molecule has 0 radical (unpaired) electrons. The number of aromatic nitrogens is 2. The molecule has 0 saturated carbocycles. The molecule has 2 aliphatic rings. The predicted octanol–water partition coefficient (Wildman–Crippen LogP) is 4.40. The van der Waals surface area contributed by atoms with Gasteiger partial charge >= 0.3 is 0 Å². The summed E-state index contributed by atoms with van der Waals surface area (Å²) in [6.07, 6.45) is 4.97. The Bertz CT molecular complexity index is 753. The molecule has 3 nitrogen and oxygen atoms in total. The van der Waals surface area contributed by atoms with E-state index in [0.717, 1.165) is 24.0 Å². The first-order valence-corrected chi connectivity index (χ1v) is 8.68. The zero-order valence-electron chi connectivity index (χ0n) is 11.6. The molecule has 21 heavy (non-hydrogen) atoms. The minimum Gasteiger partial charge on any atom is -0.330 e. The van der Waals surface area contributed by atoms with Crippen molar-refractivity contribution in [1.82, 2.24) is 14.5 Å². The summed E-state index contributed by atoms with van der Waals surface area (Å²) in [4.78, 5) is 5.76. The van der Waals surface area contributed by atoms with Crippen molar-refractivity contribution in [1.29, 1.82) is 0 Å². The number of nitrogens with one attached hydrogen (secondary N) is 1. The Balaban J connectivity index is 1.84. The second kappa shape index (κ2) is 5.18. The normalized spacial score (nSPS) is 26.4. The summed E-state index contributed by atoms with van der Waals surface area (Å²) in [6.45, 7) is 2.35. The second-order valence-corrected chi connectivity index (χ2v) is 7.28. The number of aromatic amines is 1. The number of nitrogens with zero attached hydrogens (tertiary/aromatic N) is 2. The van der Waals surface area contributed by atoms with Crippen LogP contribution in [0.1, 0.15) is 31.7 Å². The highest BCUT2D eigenvalue weighted by molar-refractivity contribution is 9.10. The van der Waals surface area contributed by atoms with Gasteiger partial charge in [-0.2, -0.15) is 0 Å². The Morgan fingerprint density at radius 3 is 2.90 bits per heavy atom. The summed E-state index contributed by atoms with van der Waals surface area (Å²) in [5.74, 6) is -0.253. The Hall–Kier alpha value is -0.720. The number of imidazole rings is 1. The average Bonchev–Trinajstić information content (AvgIpc) is 3.00. The molecule has 3 heterocycles. The second-order valence-electron chi connectivity index (χ2n) is 6.04. The van der Waals surface area contributed by atoms with Gasteiger partial charge in [-0.15, -0.1) is 0 Å². The van der Waals surface area contributed by atoms with Crippen molar-refractivity contribution in [2.45, 2.75) is 37.8 Å². The van der Waals surface area contributed by atoms with E-state index >= 15 is 0 Å². The molecule has 2 unspecified atom stereocenters. The highest BCUT2D eigenvalue weighted by atomic mass is 79.9. The number of hydrogen-bond acceptors (Lipinski definition) is 2. The molecule has 112 valence electrons. The number of hydrogen-bond donors (Lipinski definition) is 1. The fourth-order valence-electron chi connectivity index (χ4n) is 3.97. The molecule has 1 aromatic carbocycles. The van der Waals surface area contributed by atoms with Gasteiger partial charge < -0.3 is 9.55 Å². The van der Waals surface area contributed by atoms with Crippen LogP contribution >= 0.6 is 28.1 Å². The van der Waals surface area contributed by atoms with Crippen LogP contribution in [0, 0.1) is 10.6 Å². The average molecular weight is 370 g/mol. The Kier molecular flexibility index (Phi) is 3.43. The maximum atomic E-state index is 13.7. The number of benzene rings is 1. The van der Waals surface area contributed by atoms with Gasteiger partial charge in [-0.1, -0.05) is 6.42 Å². The lowest BCUT2D eigenvalue weighted by atomic mass is 9.99. The predicted molar refractivity (Wildman–Crippen MR) is 87.6 cm³/mol. The molecule has 2 fully saturated rings. The third-order valence-corrected chi connectivity index (χ3v) is 5.82. The third kappa shape index (κ3) is 2.19. The highest BCUT2D eigenvalue weighted by Crippen LogP contribution is 2.37. The van der Waals surface area contributed by atoms with Crippen molar-refractivity contribution < 1.29 is 4.39 Å². The molecule has 1 aromatic heterocycles. The zero-order valence-corrected chi connectivity index (χ0v) is 14.0. The Morgan fingerprint density at radius 1 is 1.19 bits per heavy atom. The molecule has 1 N–H and O–H groups in total. The summed E-state index contributed by atoms with van der Waals surface area (Å²) < 4.78 is 17.1. The van der Waals surface area contributed by atoms with Crippen LogP contribution in [0.3, 0.4) is 0 Å². The molecule has 2 aromatic rings. The highest BCUT2D eigenvalue weighted by Gasteiger charge is 2.37. The topological polar surface area (TPSA) is 24.0 Å². The van der Waals surface area contributed by atoms with E-state index < -0.39 is 0 Å². The van der Waals surface area contributed by atoms with E-state index in [1.54, 1.807) is 0 Å². The van der Waals surface area contributed by atoms with Crippen LogP contribution < -0.4 is 0 Å². The van der Waals surface area contributed by atoms with Gasteiger partial charge in [-0.3, -0.25) is 4.90 Å². The maximum Gasteiger partial charge on any atom is 0.178 e. The first kappa shape index (κ1) is 13.9. The van der Waals surface area contributed by atoms with Gasteiger partial charge in [0, 0.05) is 18.7 Å². The molecule has 2 aliphatic heterocycles. The van der Waals surface area contributed by atoms with Crippen LogP contribution in [-0.4, -0.2) is 33.6 Å². The lowest BCUT2D eigenvalue weighted by Crippen LogP contribution is -2.37. The number of piperidine rings is 1. The molecule has 0 spiro atoms. The molecular weight excluding hydrogens is 353 g/mol. The monoisotopic (exact) mass is 369 g/mol. The zero-order chi connectivity index (χ0) is 14.6. The lowest BCUT2D eigenvalue weighted by Gasteiger charge is -2.33. The SMILES string of the molecule is Fc1cc2[nH]c(=S)n(C3CCN4CCCCC34)c2cc1Br. The minimum absolute atomic E-state index is 0.253. The Labute approximate surface area is 136 Å². The van der Waals surface area contributed by atoms with Gasteiger partial charge in [-0.05, 0) is 60.0 Å². The maximum absolute atomic E-state index is 13.7. The number of rotatable bonds is 1. The van der Waals surface area contributed by atoms with Crippen LogP contribution in [0.2, 0.25) is 0 Å². The van der Waals surface area contributed by atoms with E-state index in [1.165, 1.54) is 31.9 Å². The van der Waals surface area contributed by atoms with Crippen molar-refractivity contribution in [3.05, 3.63) is 27.2 Å². The molecular formula is C15H17BrFN3S. The van der Waals surface area contributed by atoms with Crippen molar-refractivity contribution >= 4 is 39.2 Å². The van der Waals surface area contributed by atoms with E-state index in [4.69, 9.17) is 12.2 Å². The van der Waals surface area contributed by atoms with E-state index in [9.17, 15) is 4.39 Å². The first-order valence-electron chi connectivity index (χ1n) is 7.48. The number of halogens is 2. The van der Waals surface area contributed by atoms with Gasteiger partial charge in [0.15, 0.2) is 4.77 Å². The van der Waals surface area contributed by atoms with Crippen molar-refractivity contribution in [2.24, 2.45) is 0 Å². The molecule has 4 rings (SSSR count). The summed E-state index contributed by atoms with van der Waals surface area (Å²) in [7, 11) is 0. The molecule has 2 atom stereocenters. The summed E-state index contributed by atoms with van der Waals surface area (Å²) >= 11 is 8.81. The van der Waals surface area contributed by atoms with Crippen LogP contribution in [0.25, 0.3) is 11.0 Å². The van der Waals surface area contributed by atoms with E-state index in [2.05, 4.69) is 30.4 Å². The van der Waals surface area contributed by atoms with Crippen LogP contribution in [0.4, 0.5) is 4.39 Å². The Morgan fingerprint density at radius 2 is 2.05 bits per heavy atom. The minimum atomic E-state index is -0.253. The van der Waals surface area contributed by atoms with Crippen molar-refractivity contribution in [3.63, 3.8) is 0 Å². The first-order chi connectivity index (χ1) is 10.1. The van der Waals surface area contributed by atoms with E-state index in [0.29, 0.717) is 21.3 Å². The molecule has 2 saturated heterocycles. The van der Waals surface area contributed by atoms with Gasteiger partial charge in [0.2, 0.25) is 0 Å². The molecule has 0 bridgehead atoms. The lowest BCUT2D eigenvalue weighted by molar-refractivity contribution is 0.174. The van der Waals surface area contributed by atoms with Gasteiger partial charge in [0.05, 0.1) is 21.5 Å². The summed E-state index contributed by atoms with van der Waals surface area (Å²) in [5, 5.41) is 0. The molecule has 0 aliphatic carbocycles. The third-order valence-electron chi connectivity index (χ3n) is 4.91. The fraction of sp³-hybridized carbons (Fsp3) is 0.533. The largest absolute Gasteiger partial charge is 0.330 e. The van der Waals surface area contributed by atoms with Crippen LogP contribution in [0.5, 0.6) is 0 Å². The smallest absolute Gasteiger partial charge is 0.178 e. The summed E-state index contributed by atoms with van der Waals surface area (Å²) in [6, 6.07) is 4.36. The number of fused-ring (bicyclic) bond motifs is 2. The number of H-pyrrole nitrogens is 1. The molecule has 0 amide bonds. The van der Waals surface area contributed by atoms with Gasteiger partial charge in [0.25, 0.3) is 0 Å². The van der Waals surface area contributed by atoms with Crippen LogP contribution in [-0.2, 0) is 0 Å². The van der Waals surface area contributed by atoms with Crippen molar-refractivity contribution in [2.75, 3.05) is 13.1 Å². The van der Waals surface area contributed by atoms with Gasteiger partial charge in [-0.25, -0.2) is 4.39 Å². The van der Waals surface area contributed by atoms with Gasteiger partial charge in [0.1, 0.15) is 5.82 Å². The van der Waals surface area contributed by atoms with Crippen molar-refractivity contribution in [3.8, 4) is 0 Å². The van der Waals surface area contributed by atoms with E-state index in [-0.39, 0.29) is 5.82 Å². The summed E-state index contributed by atoms with van der Waals surface area (Å²) in [5.41, 5.74) is 1.79. The quantitative estimate of drug-likeness (QED) is 0.753. The standard InChI is InChI=1S/C15H17BrFN3S/c16-9-7-14-11(8-10(9)17)18-15(21)20(14)13-4-6-19-5-2-1-3-12(13)19/h7-8,12-13H,1-6H2,(H,18,21).